The Labute approximate surface area is 96.1 Å². The number of rotatable bonds is 1. The fourth-order valence-corrected chi connectivity index (χ4v) is 3.35. The van der Waals surface area contributed by atoms with E-state index in [0.717, 1.165) is 37.1 Å². The van der Waals surface area contributed by atoms with Crippen LogP contribution < -0.4 is 0 Å². The van der Waals surface area contributed by atoms with Gasteiger partial charge in [0, 0.05) is 30.5 Å². The number of fused-ring (bicyclic) bond motifs is 1. The summed E-state index contributed by atoms with van der Waals surface area (Å²) >= 11 is 0. The maximum atomic E-state index is 10.9. The fourth-order valence-electron chi connectivity index (χ4n) is 3.35. The molecule has 0 radical (unpaired) electrons. The van der Waals surface area contributed by atoms with Crippen LogP contribution in [-0.4, -0.2) is 34.1 Å². The van der Waals surface area contributed by atoms with Gasteiger partial charge in [-0.3, -0.25) is 9.88 Å². The van der Waals surface area contributed by atoms with Crippen molar-refractivity contribution in [3.8, 4) is 0 Å². The van der Waals surface area contributed by atoms with Crippen molar-refractivity contribution in [1.29, 1.82) is 0 Å². The van der Waals surface area contributed by atoms with E-state index in [2.05, 4.69) is 16.8 Å². The summed E-state index contributed by atoms with van der Waals surface area (Å²) in [6, 6.07) is 2.31. The summed E-state index contributed by atoms with van der Waals surface area (Å²) in [5, 5.41) is 10.9. The molecule has 3 nitrogen and oxygen atoms in total. The first-order valence-corrected chi connectivity index (χ1v) is 6.09. The van der Waals surface area contributed by atoms with Gasteiger partial charge in [0.2, 0.25) is 0 Å². The highest BCUT2D eigenvalue weighted by molar-refractivity contribution is 5.31. The number of aromatic nitrogens is 1. The smallest absolute Gasteiger partial charge is 0.108 e. The van der Waals surface area contributed by atoms with Gasteiger partial charge in [-0.15, -0.1) is 0 Å². The molecule has 0 bridgehead atoms. The summed E-state index contributed by atoms with van der Waals surface area (Å²) in [5.74, 6) is 0. The highest BCUT2D eigenvalue weighted by Gasteiger charge is 2.49. The topological polar surface area (TPSA) is 36.4 Å². The molecule has 2 aliphatic heterocycles. The first-order chi connectivity index (χ1) is 7.72. The van der Waals surface area contributed by atoms with Gasteiger partial charge >= 0.3 is 0 Å². The molecule has 0 amide bonds. The molecule has 0 saturated carbocycles. The van der Waals surface area contributed by atoms with Crippen LogP contribution >= 0.6 is 0 Å². The summed E-state index contributed by atoms with van der Waals surface area (Å²) in [6.07, 6.45) is 6.82. The fraction of sp³-hybridized carbons (Fsp3) is 0.615. The predicted octanol–water partition coefficient (Wildman–Crippen LogP) is 1.45. The van der Waals surface area contributed by atoms with E-state index in [1.54, 1.807) is 6.20 Å². The van der Waals surface area contributed by atoms with Crippen molar-refractivity contribution in [3.63, 3.8) is 0 Å². The molecule has 1 N–H and O–H groups in total. The Hall–Kier alpha value is -0.930. The highest BCUT2D eigenvalue weighted by Crippen LogP contribution is 2.43. The van der Waals surface area contributed by atoms with Gasteiger partial charge in [0.1, 0.15) is 5.60 Å². The van der Waals surface area contributed by atoms with Crippen molar-refractivity contribution in [2.24, 2.45) is 0 Å². The van der Waals surface area contributed by atoms with Crippen molar-refractivity contribution < 1.29 is 5.11 Å². The maximum absolute atomic E-state index is 10.9. The molecule has 1 aromatic heterocycles. The third-order valence-corrected chi connectivity index (χ3v) is 4.20. The predicted molar refractivity (Wildman–Crippen MR) is 62.1 cm³/mol. The van der Waals surface area contributed by atoms with E-state index < -0.39 is 5.60 Å². The van der Waals surface area contributed by atoms with E-state index in [9.17, 15) is 5.11 Å². The minimum atomic E-state index is -0.658. The Balaban J connectivity index is 2.02. The van der Waals surface area contributed by atoms with Crippen LogP contribution in [0.4, 0.5) is 0 Å². The second-order valence-electron chi connectivity index (χ2n) is 5.06. The lowest BCUT2D eigenvalue weighted by Crippen LogP contribution is -2.39. The molecule has 2 unspecified atom stereocenters. The van der Waals surface area contributed by atoms with Gasteiger partial charge in [-0.1, -0.05) is 0 Å². The van der Waals surface area contributed by atoms with Crippen LogP contribution in [0.25, 0.3) is 0 Å². The zero-order chi connectivity index (χ0) is 11.2. The molecule has 2 fully saturated rings. The van der Waals surface area contributed by atoms with Gasteiger partial charge in [-0.2, -0.15) is 0 Å². The Morgan fingerprint density at radius 3 is 3.19 bits per heavy atom. The van der Waals surface area contributed by atoms with Crippen molar-refractivity contribution in [2.75, 3.05) is 13.1 Å². The molecular formula is C13H18N2O. The summed E-state index contributed by atoms with van der Waals surface area (Å²) in [4.78, 5) is 6.59. The summed E-state index contributed by atoms with van der Waals surface area (Å²) < 4.78 is 0. The zero-order valence-corrected chi connectivity index (χ0v) is 9.69. The molecule has 16 heavy (non-hydrogen) atoms. The molecule has 86 valence electrons. The van der Waals surface area contributed by atoms with E-state index in [4.69, 9.17) is 0 Å². The van der Waals surface area contributed by atoms with E-state index >= 15 is 0 Å². The Morgan fingerprint density at radius 2 is 2.38 bits per heavy atom. The average Bonchev–Trinajstić information content (AvgIpc) is 2.84. The van der Waals surface area contributed by atoms with E-state index in [-0.39, 0.29) is 0 Å². The minimum Gasteiger partial charge on any atom is -0.383 e. The van der Waals surface area contributed by atoms with E-state index in [1.807, 2.05) is 12.3 Å². The number of pyridine rings is 1. The number of hydrogen-bond donors (Lipinski definition) is 1. The molecule has 2 saturated heterocycles. The van der Waals surface area contributed by atoms with Crippen LogP contribution in [0.3, 0.4) is 0 Å². The van der Waals surface area contributed by atoms with Crippen LogP contribution in [0.2, 0.25) is 0 Å². The average molecular weight is 218 g/mol. The number of hydrogen-bond acceptors (Lipinski definition) is 3. The minimum absolute atomic E-state index is 0.315. The van der Waals surface area contributed by atoms with Gasteiger partial charge < -0.3 is 5.11 Å². The molecule has 0 aliphatic carbocycles. The molecular weight excluding hydrogens is 200 g/mol. The van der Waals surface area contributed by atoms with Crippen LogP contribution in [0, 0.1) is 6.92 Å². The molecule has 2 atom stereocenters. The first-order valence-electron chi connectivity index (χ1n) is 6.09. The van der Waals surface area contributed by atoms with Crippen molar-refractivity contribution in [1.82, 2.24) is 9.88 Å². The SMILES string of the molecule is Cc1ccncc1C1(O)CCN2CCCC21. The van der Waals surface area contributed by atoms with Crippen molar-refractivity contribution in [2.45, 2.75) is 37.8 Å². The second-order valence-corrected chi connectivity index (χ2v) is 5.06. The number of aliphatic hydroxyl groups is 1. The lowest BCUT2D eigenvalue weighted by Gasteiger charge is -2.31. The van der Waals surface area contributed by atoms with Crippen molar-refractivity contribution >= 4 is 0 Å². The quantitative estimate of drug-likeness (QED) is 0.775. The van der Waals surface area contributed by atoms with Gasteiger partial charge in [-0.05, 0) is 44.4 Å². The Bertz CT molecular complexity index is 407. The van der Waals surface area contributed by atoms with Gasteiger partial charge in [0.15, 0.2) is 0 Å². The Kier molecular flexibility index (Phi) is 2.26. The lowest BCUT2D eigenvalue weighted by molar-refractivity contribution is 0.00852. The van der Waals surface area contributed by atoms with Crippen LogP contribution in [-0.2, 0) is 5.60 Å². The van der Waals surface area contributed by atoms with Gasteiger partial charge in [-0.25, -0.2) is 0 Å². The summed E-state index contributed by atoms with van der Waals surface area (Å²) in [6.45, 7) is 4.23. The van der Waals surface area contributed by atoms with E-state index in [1.165, 1.54) is 6.42 Å². The lowest BCUT2D eigenvalue weighted by atomic mass is 9.84. The third kappa shape index (κ3) is 1.31. The first kappa shape index (κ1) is 10.2. The third-order valence-electron chi connectivity index (χ3n) is 4.20. The highest BCUT2D eigenvalue weighted by atomic mass is 16.3. The van der Waals surface area contributed by atoms with Gasteiger partial charge in [0.05, 0.1) is 0 Å². The monoisotopic (exact) mass is 218 g/mol. The molecule has 3 heteroatoms. The standard InChI is InChI=1S/C13H18N2O/c1-10-4-6-14-9-11(10)13(16)5-8-15-7-2-3-12(13)15/h4,6,9,12,16H,2-3,5,7-8H2,1H3. The number of nitrogens with zero attached hydrogens (tertiary/aromatic N) is 2. The molecule has 2 aliphatic rings. The molecule has 1 aromatic rings. The second kappa shape index (κ2) is 3.54. The van der Waals surface area contributed by atoms with Crippen LogP contribution in [0.5, 0.6) is 0 Å². The summed E-state index contributed by atoms with van der Waals surface area (Å²) in [7, 11) is 0. The van der Waals surface area contributed by atoms with Gasteiger partial charge in [0.25, 0.3) is 0 Å². The zero-order valence-electron chi connectivity index (χ0n) is 9.69. The van der Waals surface area contributed by atoms with E-state index in [0.29, 0.717) is 6.04 Å². The maximum Gasteiger partial charge on any atom is 0.108 e. The van der Waals surface area contributed by atoms with Crippen LogP contribution in [0.15, 0.2) is 18.5 Å². The molecule has 0 aromatic carbocycles. The normalized spacial score (nSPS) is 34.2. The summed E-state index contributed by atoms with van der Waals surface area (Å²) in [5.41, 5.74) is 1.53. The largest absolute Gasteiger partial charge is 0.383 e. The van der Waals surface area contributed by atoms with Crippen LogP contribution in [0.1, 0.15) is 30.4 Å². The number of aryl methyl sites for hydroxylation is 1. The molecule has 0 spiro atoms. The Morgan fingerprint density at radius 1 is 1.50 bits per heavy atom. The van der Waals surface area contributed by atoms with Crippen molar-refractivity contribution in [3.05, 3.63) is 29.6 Å². The molecule has 3 rings (SSSR count). The molecule has 3 heterocycles.